The van der Waals surface area contributed by atoms with Gasteiger partial charge in [0.15, 0.2) is 0 Å². The molecule has 1 aliphatic carbocycles. The summed E-state index contributed by atoms with van der Waals surface area (Å²) in [5, 5.41) is 8.59. The number of hydrogen-bond donors (Lipinski definition) is 1. The van der Waals surface area contributed by atoms with Crippen LogP contribution in [0.1, 0.15) is 39.0 Å². The quantitative estimate of drug-likeness (QED) is 0.380. The highest BCUT2D eigenvalue weighted by Gasteiger charge is 2.32. The molecular weight excluding hydrogens is 192 g/mol. The summed E-state index contributed by atoms with van der Waals surface area (Å²) in [6.07, 6.45) is 7.21. The second kappa shape index (κ2) is 6.62. The number of esters is 1. The van der Waals surface area contributed by atoms with Gasteiger partial charge in [0.1, 0.15) is 0 Å². The number of aliphatic hydroxyl groups excluding tert-OH is 1. The summed E-state index contributed by atoms with van der Waals surface area (Å²) >= 11 is 0. The fourth-order valence-corrected chi connectivity index (χ4v) is 1.65. The SMILES string of the molecule is CCOC(=O)[C@@H]1C=C1CCCCCCO. The Hall–Kier alpha value is -0.830. The first-order valence-electron chi connectivity index (χ1n) is 5.77. The maximum atomic E-state index is 11.2. The molecule has 1 aliphatic rings. The average Bonchev–Trinajstić information content (AvgIpc) is 2.97. The minimum Gasteiger partial charge on any atom is -0.465 e. The molecule has 0 amide bonds. The van der Waals surface area contributed by atoms with Gasteiger partial charge in [-0.2, -0.15) is 0 Å². The summed E-state index contributed by atoms with van der Waals surface area (Å²) in [7, 11) is 0. The third-order valence-corrected chi connectivity index (χ3v) is 2.59. The number of unbranched alkanes of at least 4 members (excludes halogenated alkanes) is 3. The van der Waals surface area contributed by atoms with Crippen LogP contribution in [0, 0.1) is 5.92 Å². The van der Waals surface area contributed by atoms with Gasteiger partial charge in [0.05, 0.1) is 12.5 Å². The number of carbonyl (C=O) groups excluding carboxylic acids is 1. The van der Waals surface area contributed by atoms with Gasteiger partial charge in [-0.05, 0) is 26.2 Å². The van der Waals surface area contributed by atoms with Crippen molar-refractivity contribution >= 4 is 5.97 Å². The molecule has 0 saturated carbocycles. The zero-order valence-electron chi connectivity index (χ0n) is 9.37. The summed E-state index contributed by atoms with van der Waals surface area (Å²) in [6.45, 7) is 2.58. The number of carbonyl (C=O) groups is 1. The lowest BCUT2D eigenvalue weighted by Gasteiger charge is -2.01. The van der Waals surface area contributed by atoms with E-state index in [1.165, 1.54) is 5.57 Å². The molecule has 3 nitrogen and oxygen atoms in total. The fourth-order valence-electron chi connectivity index (χ4n) is 1.65. The normalized spacial score (nSPS) is 18.5. The van der Waals surface area contributed by atoms with Crippen molar-refractivity contribution in [2.45, 2.75) is 39.0 Å². The van der Waals surface area contributed by atoms with Crippen LogP contribution in [0.5, 0.6) is 0 Å². The Kier molecular flexibility index (Phi) is 5.40. The van der Waals surface area contributed by atoms with Crippen LogP contribution in [-0.4, -0.2) is 24.3 Å². The lowest BCUT2D eigenvalue weighted by atomic mass is 10.1. The van der Waals surface area contributed by atoms with Crippen LogP contribution in [0.3, 0.4) is 0 Å². The van der Waals surface area contributed by atoms with Crippen molar-refractivity contribution in [2.24, 2.45) is 5.92 Å². The van der Waals surface area contributed by atoms with Crippen LogP contribution in [0.2, 0.25) is 0 Å². The zero-order valence-corrected chi connectivity index (χ0v) is 9.37. The standard InChI is InChI=1S/C12H20O3/c1-2-15-12(14)11-9-10(11)7-5-3-4-6-8-13/h9,11,13H,2-8H2,1H3/t11-/m1/s1. The van der Waals surface area contributed by atoms with Gasteiger partial charge in [-0.25, -0.2) is 0 Å². The number of hydrogen-bond acceptors (Lipinski definition) is 3. The third kappa shape index (κ3) is 4.47. The van der Waals surface area contributed by atoms with E-state index in [0.29, 0.717) is 6.61 Å². The van der Waals surface area contributed by atoms with Gasteiger partial charge >= 0.3 is 5.97 Å². The van der Waals surface area contributed by atoms with Crippen molar-refractivity contribution in [2.75, 3.05) is 13.2 Å². The van der Waals surface area contributed by atoms with Crippen molar-refractivity contribution in [3.05, 3.63) is 11.6 Å². The van der Waals surface area contributed by atoms with Crippen molar-refractivity contribution in [3.8, 4) is 0 Å². The molecule has 0 radical (unpaired) electrons. The lowest BCUT2D eigenvalue weighted by Crippen LogP contribution is -2.08. The van der Waals surface area contributed by atoms with Gasteiger partial charge in [0.2, 0.25) is 0 Å². The van der Waals surface area contributed by atoms with Crippen LogP contribution >= 0.6 is 0 Å². The largest absolute Gasteiger partial charge is 0.465 e. The highest BCUT2D eigenvalue weighted by molar-refractivity contribution is 5.83. The van der Waals surface area contributed by atoms with Crippen molar-refractivity contribution in [3.63, 3.8) is 0 Å². The smallest absolute Gasteiger partial charge is 0.316 e. The number of rotatable bonds is 8. The summed E-state index contributed by atoms with van der Waals surface area (Å²) in [6, 6.07) is 0. The molecule has 1 atom stereocenters. The number of aliphatic hydroxyl groups is 1. The monoisotopic (exact) mass is 212 g/mol. The van der Waals surface area contributed by atoms with E-state index in [-0.39, 0.29) is 18.5 Å². The van der Waals surface area contributed by atoms with Gasteiger partial charge < -0.3 is 9.84 Å². The van der Waals surface area contributed by atoms with Gasteiger partial charge in [0, 0.05) is 6.61 Å². The Morgan fingerprint density at radius 2 is 2.13 bits per heavy atom. The van der Waals surface area contributed by atoms with E-state index in [0.717, 1.165) is 32.1 Å². The molecule has 86 valence electrons. The van der Waals surface area contributed by atoms with Crippen LogP contribution < -0.4 is 0 Å². The van der Waals surface area contributed by atoms with E-state index in [1.54, 1.807) is 0 Å². The highest BCUT2D eigenvalue weighted by atomic mass is 16.5. The topological polar surface area (TPSA) is 46.5 Å². The second-order valence-electron chi connectivity index (χ2n) is 3.86. The maximum Gasteiger partial charge on any atom is 0.316 e. The molecule has 1 rings (SSSR count). The molecule has 3 heteroatoms. The molecule has 0 aliphatic heterocycles. The Labute approximate surface area is 91.1 Å². The van der Waals surface area contributed by atoms with E-state index in [2.05, 4.69) is 0 Å². The summed E-state index contributed by atoms with van der Waals surface area (Å²) in [4.78, 5) is 11.2. The minimum absolute atomic E-state index is 0.0113. The van der Waals surface area contributed by atoms with Crippen LogP contribution in [0.4, 0.5) is 0 Å². The van der Waals surface area contributed by atoms with E-state index in [9.17, 15) is 4.79 Å². The van der Waals surface area contributed by atoms with E-state index in [4.69, 9.17) is 9.84 Å². The zero-order chi connectivity index (χ0) is 11.1. The molecule has 0 spiro atoms. The van der Waals surface area contributed by atoms with E-state index < -0.39 is 0 Å². The first-order chi connectivity index (χ1) is 7.29. The Morgan fingerprint density at radius 3 is 2.80 bits per heavy atom. The molecule has 0 aromatic carbocycles. The number of ether oxygens (including phenoxy) is 1. The molecular formula is C12H20O3. The Balaban J connectivity index is 1.97. The molecule has 0 unspecified atom stereocenters. The maximum absolute atomic E-state index is 11.2. The van der Waals surface area contributed by atoms with Crippen LogP contribution in [-0.2, 0) is 9.53 Å². The van der Waals surface area contributed by atoms with Gasteiger partial charge in [0.25, 0.3) is 0 Å². The molecule has 0 saturated heterocycles. The summed E-state index contributed by atoms with van der Waals surface area (Å²) < 4.78 is 4.92. The van der Waals surface area contributed by atoms with Crippen molar-refractivity contribution in [1.29, 1.82) is 0 Å². The highest BCUT2D eigenvalue weighted by Crippen LogP contribution is 2.34. The third-order valence-electron chi connectivity index (χ3n) is 2.59. The lowest BCUT2D eigenvalue weighted by molar-refractivity contribution is -0.144. The first-order valence-corrected chi connectivity index (χ1v) is 5.77. The predicted molar refractivity (Wildman–Crippen MR) is 58.4 cm³/mol. The van der Waals surface area contributed by atoms with Crippen molar-refractivity contribution in [1.82, 2.24) is 0 Å². The molecule has 15 heavy (non-hydrogen) atoms. The Bertz CT molecular complexity index is 233. The Morgan fingerprint density at radius 1 is 1.40 bits per heavy atom. The van der Waals surface area contributed by atoms with E-state index in [1.807, 2.05) is 13.0 Å². The summed E-state index contributed by atoms with van der Waals surface area (Å²) in [5.74, 6) is -0.106. The second-order valence-corrected chi connectivity index (χ2v) is 3.86. The van der Waals surface area contributed by atoms with Gasteiger partial charge in [-0.15, -0.1) is 0 Å². The summed E-state index contributed by atoms with van der Waals surface area (Å²) in [5.41, 5.74) is 1.23. The van der Waals surface area contributed by atoms with Crippen LogP contribution in [0.15, 0.2) is 11.6 Å². The molecule has 0 aromatic heterocycles. The van der Waals surface area contributed by atoms with Crippen molar-refractivity contribution < 1.29 is 14.6 Å². The average molecular weight is 212 g/mol. The molecule has 0 bridgehead atoms. The molecule has 1 N–H and O–H groups in total. The molecule has 0 aromatic rings. The van der Waals surface area contributed by atoms with Crippen LogP contribution in [0.25, 0.3) is 0 Å². The fraction of sp³-hybridized carbons (Fsp3) is 0.750. The van der Waals surface area contributed by atoms with E-state index >= 15 is 0 Å². The molecule has 0 heterocycles. The molecule has 0 fully saturated rings. The minimum atomic E-state index is -0.0946. The van der Waals surface area contributed by atoms with Gasteiger partial charge in [-0.1, -0.05) is 24.5 Å². The van der Waals surface area contributed by atoms with Gasteiger partial charge in [-0.3, -0.25) is 4.79 Å². The predicted octanol–water partition coefficient (Wildman–Crippen LogP) is 2.05. The first kappa shape index (κ1) is 12.2.